The van der Waals surface area contributed by atoms with Crippen LogP contribution in [0.2, 0.25) is 0 Å². The highest BCUT2D eigenvalue weighted by atomic mass is 16.2. The Labute approximate surface area is 174 Å². The van der Waals surface area contributed by atoms with Gasteiger partial charge in [0, 0.05) is 43.6 Å². The summed E-state index contributed by atoms with van der Waals surface area (Å²) in [6, 6.07) is 16.5. The van der Waals surface area contributed by atoms with E-state index in [4.69, 9.17) is 0 Å². The minimum absolute atomic E-state index is 0.0536. The lowest BCUT2D eigenvalue weighted by atomic mass is 10.0. The predicted molar refractivity (Wildman–Crippen MR) is 119 cm³/mol. The van der Waals surface area contributed by atoms with E-state index in [1.807, 2.05) is 30.3 Å². The standard InChI is InChI=1S/C24H32N4O/c1-3-27-13-15-28(16-14-27)21-11-12-22(18(2)17-21)26-23(19-7-5-4-6-8-19)24(29)25-20-9-10-20/h4-8,11-12,17,20,23,26H,3,9-10,13-16H2,1-2H3,(H,25,29). The van der Waals surface area contributed by atoms with Crippen LogP contribution in [-0.2, 0) is 4.79 Å². The van der Waals surface area contributed by atoms with Gasteiger partial charge in [-0.25, -0.2) is 0 Å². The van der Waals surface area contributed by atoms with E-state index in [0.717, 1.165) is 56.8 Å². The maximum Gasteiger partial charge on any atom is 0.247 e. The molecule has 2 aliphatic rings. The molecule has 0 bridgehead atoms. The average molecular weight is 393 g/mol. The van der Waals surface area contributed by atoms with Gasteiger partial charge in [-0.1, -0.05) is 37.3 Å². The monoisotopic (exact) mass is 392 g/mol. The van der Waals surface area contributed by atoms with Gasteiger partial charge in [-0.05, 0) is 55.6 Å². The summed E-state index contributed by atoms with van der Waals surface area (Å²) in [5.74, 6) is 0.0536. The molecule has 154 valence electrons. The Bertz CT molecular complexity index is 826. The molecular formula is C24H32N4O. The zero-order valence-electron chi connectivity index (χ0n) is 17.5. The molecule has 2 aromatic carbocycles. The van der Waals surface area contributed by atoms with Crippen molar-refractivity contribution in [2.24, 2.45) is 0 Å². The van der Waals surface area contributed by atoms with E-state index in [1.165, 1.54) is 11.3 Å². The number of benzene rings is 2. The predicted octanol–water partition coefficient (Wildman–Crippen LogP) is 3.57. The maximum absolute atomic E-state index is 12.9. The van der Waals surface area contributed by atoms with Crippen LogP contribution in [0.1, 0.15) is 36.9 Å². The largest absolute Gasteiger partial charge is 0.370 e. The van der Waals surface area contributed by atoms with Gasteiger partial charge in [-0.3, -0.25) is 4.79 Å². The molecule has 1 unspecified atom stereocenters. The number of anilines is 2. The highest BCUT2D eigenvalue weighted by Crippen LogP contribution is 2.28. The van der Waals surface area contributed by atoms with Crippen molar-refractivity contribution in [2.45, 2.75) is 38.8 Å². The Morgan fingerprint density at radius 2 is 1.79 bits per heavy atom. The quantitative estimate of drug-likeness (QED) is 0.756. The molecule has 4 rings (SSSR count). The second-order valence-corrected chi connectivity index (χ2v) is 8.19. The van der Waals surface area contributed by atoms with Crippen molar-refractivity contribution in [3.8, 4) is 0 Å². The summed E-state index contributed by atoms with van der Waals surface area (Å²) in [5.41, 5.74) is 4.44. The molecule has 1 heterocycles. The Morgan fingerprint density at radius 1 is 1.07 bits per heavy atom. The Morgan fingerprint density at radius 3 is 2.41 bits per heavy atom. The van der Waals surface area contributed by atoms with Crippen LogP contribution in [0, 0.1) is 6.92 Å². The Balaban J connectivity index is 1.49. The van der Waals surface area contributed by atoms with Gasteiger partial charge in [0.1, 0.15) is 6.04 Å². The number of hydrogen-bond acceptors (Lipinski definition) is 4. The van der Waals surface area contributed by atoms with Gasteiger partial charge in [0.25, 0.3) is 0 Å². The van der Waals surface area contributed by atoms with Crippen molar-refractivity contribution >= 4 is 17.3 Å². The van der Waals surface area contributed by atoms with Crippen molar-refractivity contribution in [1.29, 1.82) is 0 Å². The molecule has 1 saturated heterocycles. The fourth-order valence-electron chi connectivity index (χ4n) is 3.94. The third-order valence-corrected chi connectivity index (χ3v) is 6.01. The van der Waals surface area contributed by atoms with Gasteiger partial charge in [-0.15, -0.1) is 0 Å². The molecule has 2 aromatic rings. The average Bonchev–Trinajstić information content (AvgIpc) is 3.57. The number of carbonyl (C=O) groups excluding carboxylic acids is 1. The molecule has 29 heavy (non-hydrogen) atoms. The number of hydrogen-bond donors (Lipinski definition) is 2. The van der Waals surface area contributed by atoms with Crippen molar-refractivity contribution in [2.75, 3.05) is 42.9 Å². The number of piperazine rings is 1. The normalized spacial score (nSPS) is 18.3. The minimum atomic E-state index is -0.380. The van der Waals surface area contributed by atoms with E-state index in [2.05, 4.69) is 52.5 Å². The fraction of sp³-hybridized carbons (Fsp3) is 0.458. The molecule has 5 nitrogen and oxygen atoms in total. The first kappa shape index (κ1) is 19.8. The molecule has 5 heteroatoms. The van der Waals surface area contributed by atoms with Gasteiger partial charge in [-0.2, -0.15) is 0 Å². The van der Waals surface area contributed by atoms with E-state index in [9.17, 15) is 4.79 Å². The van der Waals surface area contributed by atoms with Crippen LogP contribution in [0.15, 0.2) is 48.5 Å². The van der Waals surface area contributed by atoms with E-state index in [1.54, 1.807) is 0 Å². The number of likely N-dealkylation sites (N-methyl/N-ethyl adjacent to an activating group) is 1. The topological polar surface area (TPSA) is 47.6 Å². The van der Waals surface area contributed by atoms with Crippen molar-refractivity contribution in [1.82, 2.24) is 10.2 Å². The first-order valence-corrected chi connectivity index (χ1v) is 10.8. The zero-order chi connectivity index (χ0) is 20.2. The van der Waals surface area contributed by atoms with Gasteiger partial charge in [0.05, 0.1) is 0 Å². The van der Waals surface area contributed by atoms with Crippen molar-refractivity contribution < 1.29 is 4.79 Å². The number of nitrogens with one attached hydrogen (secondary N) is 2. The summed E-state index contributed by atoms with van der Waals surface area (Å²) in [6.07, 6.45) is 2.18. The van der Waals surface area contributed by atoms with E-state index >= 15 is 0 Å². The molecule has 0 radical (unpaired) electrons. The second kappa shape index (κ2) is 8.87. The van der Waals surface area contributed by atoms with Crippen molar-refractivity contribution in [3.05, 3.63) is 59.7 Å². The number of aryl methyl sites for hydroxylation is 1. The zero-order valence-corrected chi connectivity index (χ0v) is 17.5. The summed E-state index contributed by atoms with van der Waals surface area (Å²) in [7, 11) is 0. The summed E-state index contributed by atoms with van der Waals surface area (Å²) in [4.78, 5) is 17.8. The molecular weight excluding hydrogens is 360 g/mol. The SMILES string of the molecule is CCN1CCN(c2ccc(NC(C(=O)NC3CC3)c3ccccc3)c(C)c2)CC1. The molecule has 1 saturated carbocycles. The summed E-state index contributed by atoms with van der Waals surface area (Å²) in [6.45, 7) is 9.84. The fourth-order valence-corrected chi connectivity index (χ4v) is 3.94. The van der Waals surface area contributed by atoms with E-state index < -0.39 is 0 Å². The lowest BCUT2D eigenvalue weighted by Gasteiger charge is -2.35. The van der Waals surface area contributed by atoms with Crippen LogP contribution in [0.3, 0.4) is 0 Å². The van der Waals surface area contributed by atoms with Crippen LogP contribution in [0.4, 0.5) is 11.4 Å². The lowest BCUT2D eigenvalue weighted by molar-refractivity contribution is -0.122. The molecule has 1 amide bonds. The number of amides is 1. The summed E-state index contributed by atoms with van der Waals surface area (Å²) in [5, 5.41) is 6.65. The van der Waals surface area contributed by atoms with Gasteiger partial charge >= 0.3 is 0 Å². The Hall–Kier alpha value is -2.53. The maximum atomic E-state index is 12.9. The smallest absolute Gasteiger partial charge is 0.247 e. The Kier molecular flexibility index (Phi) is 6.05. The van der Waals surface area contributed by atoms with Crippen LogP contribution >= 0.6 is 0 Å². The number of nitrogens with zero attached hydrogens (tertiary/aromatic N) is 2. The summed E-state index contributed by atoms with van der Waals surface area (Å²) >= 11 is 0. The third kappa shape index (κ3) is 4.91. The highest BCUT2D eigenvalue weighted by Gasteiger charge is 2.28. The second-order valence-electron chi connectivity index (χ2n) is 8.19. The van der Waals surface area contributed by atoms with Crippen LogP contribution < -0.4 is 15.5 Å². The van der Waals surface area contributed by atoms with E-state index in [-0.39, 0.29) is 11.9 Å². The van der Waals surface area contributed by atoms with Gasteiger partial charge < -0.3 is 20.4 Å². The number of carbonyl (C=O) groups is 1. The van der Waals surface area contributed by atoms with Crippen molar-refractivity contribution in [3.63, 3.8) is 0 Å². The highest BCUT2D eigenvalue weighted by molar-refractivity contribution is 5.87. The molecule has 2 N–H and O–H groups in total. The molecule has 1 aliphatic carbocycles. The third-order valence-electron chi connectivity index (χ3n) is 6.01. The summed E-state index contributed by atoms with van der Waals surface area (Å²) < 4.78 is 0. The first-order valence-electron chi connectivity index (χ1n) is 10.8. The van der Waals surface area contributed by atoms with Crippen LogP contribution in [0.5, 0.6) is 0 Å². The molecule has 0 aromatic heterocycles. The minimum Gasteiger partial charge on any atom is -0.370 e. The van der Waals surface area contributed by atoms with Gasteiger partial charge in [0.15, 0.2) is 0 Å². The lowest BCUT2D eigenvalue weighted by Crippen LogP contribution is -2.46. The van der Waals surface area contributed by atoms with Crippen LogP contribution in [-0.4, -0.2) is 49.6 Å². The molecule has 0 spiro atoms. The molecule has 2 fully saturated rings. The van der Waals surface area contributed by atoms with E-state index in [0.29, 0.717) is 6.04 Å². The van der Waals surface area contributed by atoms with Gasteiger partial charge in [0.2, 0.25) is 5.91 Å². The molecule has 1 aliphatic heterocycles. The molecule has 1 atom stereocenters. The number of rotatable bonds is 7. The van der Waals surface area contributed by atoms with Crippen LogP contribution in [0.25, 0.3) is 0 Å². The first-order chi connectivity index (χ1) is 14.1.